The molecule has 0 spiro atoms. The molecule has 3 nitrogen and oxygen atoms in total. The van der Waals surface area contributed by atoms with Gasteiger partial charge in [-0.3, -0.25) is 0 Å². The largest absolute Gasteiger partial charge is 0.507 e. The second kappa shape index (κ2) is 3.81. The Morgan fingerprint density at radius 1 is 0.812 bits per heavy atom. The molecule has 2 aromatic rings. The first-order valence-corrected chi connectivity index (χ1v) is 4.90. The minimum Gasteiger partial charge on any atom is -0.507 e. The summed E-state index contributed by atoms with van der Waals surface area (Å²) in [4.78, 5) is 0. The Morgan fingerprint density at radius 3 is 2.06 bits per heavy atom. The summed E-state index contributed by atoms with van der Waals surface area (Å²) in [5.74, 6) is -0.0794. The molecule has 0 aromatic heterocycles. The summed E-state index contributed by atoms with van der Waals surface area (Å²) >= 11 is 0. The molecule has 3 N–H and O–H groups in total. The zero-order chi connectivity index (χ0) is 11.7. The van der Waals surface area contributed by atoms with Crippen LogP contribution in [0.2, 0.25) is 0 Å². The van der Waals surface area contributed by atoms with Gasteiger partial charge in [-0.1, -0.05) is 23.7 Å². The van der Waals surface area contributed by atoms with E-state index >= 15 is 0 Å². The monoisotopic (exact) mass is 214 g/mol. The highest BCUT2D eigenvalue weighted by Crippen LogP contribution is 2.40. The SMILES string of the molecule is Bc1ccc(O)c(-c2c(O)cccc2O)c1. The summed E-state index contributed by atoms with van der Waals surface area (Å²) in [6.07, 6.45) is 0. The third kappa shape index (κ3) is 1.69. The first-order valence-electron chi connectivity index (χ1n) is 4.90. The average molecular weight is 214 g/mol. The van der Waals surface area contributed by atoms with Crippen molar-refractivity contribution in [2.75, 3.05) is 0 Å². The number of aromatic hydroxyl groups is 3. The van der Waals surface area contributed by atoms with Gasteiger partial charge in [0, 0.05) is 5.56 Å². The number of rotatable bonds is 1. The molecule has 0 saturated heterocycles. The van der Waals surface area contributed by atoms with Crippen molar-refractivity contribution in [3.8, 4) is 28.4 Å². The quantitative estimate of drug-likeness (QED) is 0.613. The molecule has 0 saturated carbocycles. The Labute approximate surface area is 94.0 Å². The van der Waals surface area contributed by atoms with Gasteiger partial charge in [-0.2, -0.15) is 0 Å². The molecule has 0 atom stereocenters. The van der Waals surface area contributed by atoms with E-state index < -0.39 is 0 Å². The predicted octanol–water partition coefficient (Wildman–Crippen LogP) is 0.729. The van der Waals surface area contributed by atoms with E-state index in [0.29, 0.717) is 5.56 Å². The van der Waals surface area contributed by atoms with E-state index in [-0.39, 0.29) is 22.8 Å². The Bertz CT molecular complexity index is 518. The molecule has 16 heavy (non-hydrogen) atoms. The van der Waals surface area contributed by atoms with Crippen molar-refractivity contribution in [3.63, 3.8) is 0 Å². The van der Waals surface area contributed by atoms with Gasteiger partial charge in [0.25, 0.3) is 0 Å². The van der Waals surface area contributed by atoms with Crippen LogP contribution >= 0.6 is 0 Å². The highest BCUT2D eigenvalue weighted by Gasteiger charge is 2.13. The molecule has 80 valence electrons. The van der Waals surface area contributed by atoms with E-state index in [1.165, 1.54) is 18.2 Å². The van der Waals surface area contributed by atoms with Gasteiger partial charge in [0.1, 0.15) is 25.1 Å². The summed E-state index contributed by atoms with van der Waals surface area (Å²) < 4.78 is 0. The van der Waals surface area contributed by atoms with Gasteiger partial charge in [0.2, 0.25) is 0 Å². The number of benzene rings is 2. The van der Waals surface area contributed by atoms with Gasteiger partial charge in [0.15, 0.2) is 0 Å². The van der Waals surface area contributed by atoms with Crippen LogP contribution < -0.4 is 5.46 Å². The molecule has 0 aliphatic heterocycles. The van der Waals surface area contributed by atoms with Crippen molar-refractivity contribution in [2.45, 2.75) is 0 Å². The smallest absolute Gasteiger partial charge is 0.139 e. The topological polar surface area (TPSA) is 60.7 Å². The van der Waals surface area contributed by atoms with Gasteiger partial charge in [-0.25, -0.2) is 0 Å². The molecule has 0 fully saturated rings. The van der Waals surface area contributed by atoms with Crippen molar-refractivity contribution in [1.82, 2.24) is 0 Å². The number of phenolic OH excluding ortho intramolecular Hbond substituents is 3. The molecular formula is C12H11BO3. The van der Waals surface area contributed by atoms with Gasteiger partial charge in [-0.05, 0) is 18.2 Å². The zero-order valence-corrected chi connectivity index (χ0v) is 8.81. The molecule has 0 bridgehead atoms. The van der Waals surface area contributed by atoms with Crippen LogP contribution in [0.3, 0.4) is 0 Å². The van der Waals surface area contributed by atoms with Crippen LogP contribution in [0.25, 0.3) is 11.1 Å². The highest BCUT2D eigenvalue weighted by atomic mass is 16.3. The van der Waals surface area contributed by atoms with Crippen LogP contribution in [0.15, 0.2) is 36.4 Å². The fourth-order valence-electron chi connectivity index (χ4n) is 1.65. The maximum absolute atomic E-state index is 9.72. The van der Waals surface area contributed by atoms with Crippen molar-refractivity contribution >= 4 is 13.3 Å². The fourth-order valence-corrected chi connectivity index (χ4v) is 1.65. The van der Waals surface area contributed by atoms with Crippen LogP contribution in [0.5, 0.6) is 17.2 Å². The Morgan fingerprint density at radius 2 is 1.44 bits per heavy atom. The lowest BCUT2D eigenvalue weighted by molar-refractivity contribution is 0.450. The highest BCUT2D eigenvalue weighted by molar-refractivity contribution is 6.32. The van der Waals surface area contributed by atoms with Gasteiger partial charge in [0.05, 0.1) is 5.56 Å². The standard InChI is InChI=1S/C12H11BO3/c13-7-4-5-9(14)8(6-7)12-10(15)2-1-3-11(12)16/h1-6,14-16H,13H2. The molecule has 0 amide bonds. The second-order valence-electron chi connectivity index (χ2n) is 3.69. The second-order valence-corrected chi connectivity index (χ2v) is 3.69. The van der Waals surface area contributed by atoms with Gasteiger partial charge >= 0.3 is 0 Å². The van der Waals surface area contributed by atoms with Crippen molar-refractivity contribution in [2.24, 2.45) is 0 Å². The molecule has 4 heteroatoms. The first kappa shape index (κ1) is 10.4. The summed E-state index contributed by atoms with van der Waals surface area (Å²) in [5, 5.41) is 29.1. The van der Waals surface area contributed by atoms with Crippen molar-refractivity contribution in [1.29, 1.82) is 0 Å². The minimum atomic E-state index is -0.0547. The lowest BCUT2D eigenvalue weighted by Gasteiger charge is -2.09. The molecule has 2 rings (SSSR count). The van der Waals surface area contributed by atoms with Crippen LogP contribution in [-0.2, 0) is 0 Å². The normalized spacial score (nSPS) is 10.2. The molecule has 0 aliphatic rings. The molecule has 0 aliphatic carbocycles. The van der Waals surface area contributed by atoms with Crippen LogP contribution in [0.4, 0.5) is 0 Å². The Hall–Kier alpha value is -2.10. The number of phenols is 3. The molecular weight excluding hydrogens is 203 g/mol. The maximum Gasteiger partial charge on any atom is 0.139 e. The molecule has 0 heterocycles. The summed E-state index contributed by atoms with van der Waals surface area (Å²) in [5.41, 5.74) is 1.62. The molecule has 2 aromatic carbocycles. The Balaban J connectivity index is 2.72. The Kier molecular flexibility index (Phi) is 2.48. The predicted molar refractivity (Wildman–Crippen MR) is 65.1 cm³/mol. The molecule has 0 unspecified atom stereocenters. The third-order valence-electron chi connectivity index (χ3n) is 2.44. The van der Waals surface area contributed by atoms with E-state index in [9.17, 15) is 15.3 Å². The van der Waals surface area contributed by atoms with E-state index in [2.05, 4.69) is 0 Å². The average Bonchev–Trinajstić information content (AvgIpc) is 2.23. The van der Waals surface area contributed by atoms with Crippen LogP contribution in [-0.4, -0.2) is 23.2 Å². The fraction of sp³-hybridized carbons (Fsp3) is 0. The van der Waals surface area contributed by atoms with Crippen LogP contribution in [0.1, 0.15) is 0 Å². The number of hydrogen-bond acceptors (Lipinski definition) is 3. The molecule has 0 radical (unpaired) electrons. The summed E-state index contributed by atoms with van der Waals surface area (Å²) in [7, 11) is 1.87. The van der Waals surface area contributed by atoms with E-state index in [1.807, 2.05) is 7.85 Å². The zero-order valence-electron chi connectivity index (χ0n) is 8.81. The van der Waals surface area contributed by atoms with E-state index in [4.69, 9.17) is 0 Å². The summed E-state index contributed by atoms with van der Waals surface area (Å²) in [6, 6.07) is 9.49. The van der Waals surface area contributed by atoms with E-state index in [1.54, 1.807) is 18.2 Å². The summed E-state index contributed by atoms with van der Waals surface area (Å²) in [6.45, 7) is 0. The lowest BCUT2D eigenvalue weighted by atomic mass is 9.91. The first-order chi connectivity index (χ1) is 7.59. The third-order valence-corrected chi connectivity index (χ3v) is 2.44. The van der Waals surface area contributed by atoms with E-state index in [0.717, 1.165) is 5.46 Å². The number of hydrogen-bond donors (Lipinski definition) is 3. The van der Waals surface area contributed by atoms with Gasteiger partial charge in [-0.15, -0.1) is 0 Å². The van der Waals surface area contributed by atoms with Crippen molar-refractivity contribution < 1.29 is 15.3 Å². The van der Waals surface area contributed by atoms with Crippen molar-refractivity contribution in [3.05, 3.63) is 36.4 Å². The van der Waals surface area contributed by atoms with Gasteiger partial charge < -0.3 is 15.3 Å². The van der Waals surface area contributed by atoms with Crippen LogP contribution in [0, 0.1) is 0 Å². The minimum absolute atomic E-state index is 0.0300. The lowest BCUT2D eigenvalue weighted by Crippen LogP contribution is -2.00. The maximum atomic E-state index is 9.72.